The Labute approximate surface area is 112 Å². The topological polar surface area (TPSA) is 12.9 Å². The van der Waals surface area contributed by atoms with Crippen LogP contribution in [0.5, 0.6) is 0 Å². The third-order valence-electron chi connectivity index (χ3n) is 3.11. The Hall–Kier alpha value is -1.41. The Kier molecular flexibility index (Phi) is 3.97. The molecule has 0 N–H and O–H groups in total. The molecule has 94 valence electrons. The molecule has 2 atom stereocenters. The molecule has 0 aliphatic heterocycles. The zero-order valence-corrected chi connectivity index (χ0v) is 11.2. The molecule has 0 aliphatic carbocycles. The van der Waals surface area contributed by atoms with E-state index < -0.39 is 5.38 Å². The van der Waals surface area contributed by atoms with Gasteiger partial charge in [-0.2, -0.15) is 0 Å². The molecule has 0 saturated carbocycles. The Bertz CT molecular complexity index is 527. The van der Waals surface area contributed by atoms with E-state index in [9.17, 15) is 4.39 Å². The van der Waals surface area contributed by atoms with Crippen molar-refractivity contribution in [2.75, 3.05) is 0 Å². The van der Waals surface area contributed by atoms with Crippen molar-refractivity contribution < 1.29 is 4.39 Å². The van der Waals surface area contributed by atoms with Crippen molar-refractivity contribution in [2.24, 2.45) is 0 Å². The Morgan fingerprint density at radius 1 is 1.17 bits per heavy atom. The van der Waals surface area contributed by atoms with Gasteiger partial charge in [-0.3, -0.25) is 4.98 Å². The first-order valence-electron chi connectivity index (χ1n) is 5.91. The first-order chi connectivity index (χ1) is 8.61. The summed E-state index contributed by atoms with van der Waals surface area (Å²) in [5, 5.41) is -0.417. The van der Waals surface area contributed by atoms with E-state index in [1.54, 1.807) is 25.3 Å². The third-order valence-corrected chi connectivity index (χ3v) is 3.73. The number of rotatable bonds is 3. The molecule has 0 radical (unpaired) electrons. The van der Waals surface area contributed by atoms with Crippen molar-refractivity contribution in [1.82, 2.24) is 4.98 Å². The van der Waals surface area contributed by atoms with Gasteiger partial charge in [0.05, 0.1) is 5.38 Å². The minimum absolute atomic E-state index is 0.0378. The van der Waals surface area contributed by atoms with Crippen molar-refractivity contribution in [3.63, 3.8) is 0 Å². The van der Waals surface area contributed by atoms with Gasteiger partial charge in [-0.15, -0.1) is 11.6 Å². The molecule has 2 rings (SSSR count). The lowest BCUT2D eigenvalue weighted by atomic mass is 9.95. The molecule has 0 saturated heterocycles. The molecule has 18 heavy (non-hydrogen) atoms. The van der Waals surface area contributed by atoms with Crippen LogP contribution < -0.4 is 0 Å². The fraction of sp³-hybridized carbons (Fsp3) is 0.267. The molecule has 0 bridgehead atoms. The van der Waals surface area contributed by atoms with Crippen LogP contribution in [-0.4, -0.2) is 4.98 Å². The molecular formula is C15H15ClFN. The zero-order valence-electron chi connectivity index (χ0n) is 10.4. The highest BCUT2D eigenvalue weighted by molar-refractivity contribution is 6.21. The lowest BCUT2D eigenvalue weighted by Crippen LogP contribution is -2.07. The summed E-state index contributed by atoms with van der Waals surface area (Å²) in [7, 11) is 0. The molecule has 2 aromatic rings. The van der Waals surface area contributed by atoms with Gasteiger partial charge in [-0.25, -0.2) is 4.39 Å². The number of halogens is 2. The molecule has 3 heteroatoms. The predicted molar refractivity (Wildman–Crippen MR) is 72.4 cm³/mol. The maximum absolute atomic E-state index is 14.0. The highest BCUT2D eigenvalue weighted by Crippen LogP contribution is 2.36. The van der Waals surface area contributed by atoms with Crippen LogP contribution in [0.25, 0.3) is 0 Å². The largest absolute Gasteiger partial charge is 0.261 e. The number of alkyl halides is 1. The van der Waals surface area contributed by atoms with Crippen LogP contribution in [-0.2, 0) is 0 Å². The van der Waals surface area contributed by atoms with Gasteiger partial charge in [0.1, 0.15) is 5.82 Å². The second-order valence-corrected chi connectivity index (χ2v) is 4.89. The third kappa shape index (κ3) is 2.54. The molecule has 1 aromatic heterocycles. The summed E-state index contributed by atoms with van der Waals surface area (Å²) in [6.07, 6.45) is 1.72. The van der Waals surface area contributed by atoms with Gasteiger partial charge in [0.15, 0.2) is 0 Å². The minimum atomic E-state index is -0.417. The fourth-order valence-corrected chi connectivity index (χ4v) is 2.25. The van der Waals surface area contributed by atoms with E-state index >= 15 is 0 Å². The smallest absolute Gasteiger partial charge is 0.130 e. The lowest BCUT2D eigenvalue weighted by molar-refractivity contribution is 0.581. The molecule has 2 unspecified atom stereocenters. The second kappa shape index (κ2) is 5.49. The zero-order chi connectivity index (χ0) is 13.1. The SMILES string of the molecule is Cc1cccc(C(Cl)C(C)c2ccccn2)c1F. The maximum atomic E-state index is 14.0. The van der Waals surface area contributed by atoms with E-state index in [-0.39, 0.29) is 11.7 Å². The van der Waals surface area contributed by atoms with Crippen LogP contribution in [0, 0.1) is 12.7 Å². The molecule has 0 fully saturated rings. The molecule has 1 aromatic carbocycles. The first-order valence-corrected chi connectivity index (χ1v) is 6.35. The normalized spacial score (nSPS) is 14.2. The molecule has 1 nitrogen and oxygen atoms in total. The van der Waals surface area contributed by atoms with E-state index in [1.807, 2.05) is 31.2 Å². The van der Waals surface area contributed by atoms with Crippen LogP contribution in [0.15, 0.2) is 42.6 Å². The van der Waals surface area contributed by atoms with Crippen LogP contribution in [0.1, 0.15) is 35.0 Å². The van der Waals surface area contributed by atoms with Crippen LogP contribution >= 0.6 is 11.6 Å². The van der Waals surface area contributed by atoms with Gasteiger partial charge >= 0.3 is 0 Å². The van der Waals surface area contributed by atoms with Crippen LogP contribution in [0.3, 0.4) is 0 Å². The maximum Gasteiger partial charge on any atom is 0.130 e. The number of hydrogen-bond donors (Lipinski definition) is 0. The van der Waals surface area contributed by atoms with E-state index in [0.29, 0.717) is 11.1 Å². The highest BCUT2D eigenvalue weighted by atomic mass is 35.5. The Morgan fingerprint density at radius 3 is 2.61 bits per heavy atom. The second-order valence-electron chi connectivity index (χ2n) is 4.42. The fourth-order valence-electron chi connectivity index (χ4n) is 1.95. The van der Waals surface area contributed by atoms with E-state index in [0.717, 1.165) is 5.69 Å². The van der Waals surface area contributed by atoms with E-state index in [1.165, 1.54) is 0 Å². The number of aryl methyl sites for hydroxylation is 1. The van der Waals surface area contributed by atoms with Crippen molar-refractivity contribution >= 4 is 11.6 Å². The molecule has 1 heterocycles. The number of nitrogens with zero attached hydrogens (tertiary/aromatic N) is 1. The lowest BCUT2D eigenvalue weighted by Gasteiger charge is -2.19. The van der Waals surface area contributed by atoms with Crippen molar-refractivity contribution in [3.05, 3.63) is 65.2 Å². The van der Waals surface area contributed by atoms with Gasteiger partial charge in [0.25, 0.3) is 0 Å². The quantitative estimate of drug-likeness (QED) is 0.737. The summed E-state index contributed by atoms with van der Waals surface area (Å²) in [5.74, 6) is -0.260. The predicted octanol–water partition coefficient (Wildman–Crippen LogP) is 4.61. The standard InChI is InChI=1S/C15H15ClFN/c1-10-6-5-7-12(15(10)17)14(16)11(2)13-8-3-4-9-18-13/h3-9,11,14H,1-2H3. The summed E-state index contributed by atoms with van der Waals surface area (Å²) in [5.41, 5.74) is 2.03. The minimum Gasteiger partial charge on any atom is -0.261 e. The van der Waals surface area contributed by atoms with Gasteiger partial charge in [0, 0.05) is 23.4 Å². The molecule has 0 amide bonds. The van der Waals surface area contributed by atoms with E-state index in [2.05, 4.69) is 4.98 Å². The highest BCUT2D eigenvalue weighted by Gasteiger charge is 2.22. The summed E-state index contributed by atoms with van der Waals surface area (Å²) in [4.78, 5) is 4.27. The van der Waals surface area contributed by atoms with Gasteiger partial charge in [0.2, 0.25) is 0 Å². The van der Waals surface area contributed by atoms with Crippen molar-refractivity contribution in [3.8, 4) is 0 Å². The number of aromatic nitrogens is 1. The summed E-state index contributed by atoms with van der Waals surface area (Å²) < 4.78 is 14.0. The number of benzene rings is 1. The van der Waals surface area contributed by atoms with E-state index in [4.69, 9.17) is 11.6 Å². The van der Waals surface area contributed by atoms with Crippen LogP contribution in [0.4, 0.5) is 4.39 Å². The Balaban J connectivity index is 2.31. The first kappa shape index (κ1) is 13.0. The van der Waals surface area contributed by atoms with Gasteiger partial charge in [-0.05, 0) is 24.6 Å². The number of pyridine rings is 1. The average Bonchev–Trinajstić information content (AvgIpc) is 2.41. The van der Waals surface area contributed by atoms with Crippen LogP contribution in [0.2, 0.25) is 0 Å². The Morgan fingerprint density at radius 2 is 1.94 bits per heavy atom. The van der Waals surface area contributed by atoms with Crippen molar-refractivity contribution in [1.29, 1.82) is 0 Å². The molecular weight excluding hydrogens is 249 g/mol. The molecule has 0 spiro atoms. The number of hydrogen-bond acceptors (Lipinski definition) is 1. The summed E-state index contributed by atoms with van der Waals surface area (Å²) >= 11 is 6.39. The average molecular weight is 264 g/mol. The summed E-state index contributed by atoms with van der Waals surface area (Å²) in [6.45, 7) is 3.70. The van der Waals surface area contributed by atoms with Gasteiger partial charge < -0.3 is 0 Å². The van der Waals surface area contributed by atoms with Crippen molar-refractivity contribution in [2.45, 2.75) is 25.1 Å². The molecule has 0 aliphatic rings. The monoisotopic (exact) mass is 263 g/mol. The van der Waals surface area contributed by atoms with Gasteiger partial charge in [-0.1, -0.05) is 31.2 Å². The summed E-state index contributed by atoms with van der Waals surface area (Å²) in [6, 6.07) is 11.0.